The van der Waals surface area contributed by atoms with Crippen molar-refractivity contribution in [2.75, 3.05) is 39.8 Å². The zero-order valence-corrected chi connectivity index (χ0v) is 13.4. The molecule has 0 bridgehead atoms. The van der Waals surface area contributed by atoms with Crippen molar-refractivity contribution >= 4 is 17.2 Å². The summed E-state index contributed by atoms with van der Waals surface area (Å²) >= 11 is 1.70. The predicted octanol–water partition coefficient (Wildman–Crippen LogP) is 0.951. The third-order valence-electron chi connectivity index (χ3n) is 3.67. The molecule has 6 heteroatoms. The highest BCUT2D eigenvalue weighted by molar-refractivity contribution is 7.09. The number of aryl methyl sites for hydroxylation is 1. The standard InChI is InChI=1S/C14H24N4OS/c1-11(8-15-3)14(19)18-6-4-17(5-7-18)9-13-10-20-12(2)16-13/h10-11,15H,4-9H2,1-3H3. The van der Waals surface area contributed by atoms with Crippen molar-refractivity contribution in [1.82, 2.24) is 20.1 Å². The number of aromatic nitrogens is 1. The van der Waals surface area contributed by atoms with Gasteiger partial charge in [0.05, 0.1) is 10.7 Å². The highest BCUT2D eigenvalue weighted by atomic mass is 32.1. The number of hydrogen-bond acceptors (Lipinski definition) is 5. The number of piperazine rings is 1. The van der Waals surface area contributed by atoms with Crippen LogP contribution in [0.1, 0.15) is 17.6 Å². The van der Waals surface area contributed by atoms with Gasteiger partial charge in [0.2, 0.25) is 5.91 Å². The Morgan fingerprint density at radius 1 is 1.45 bits per heavy atom. The highest BCUT2D eigenvalue weighted by Crippen LogP contribution is 2.13. The summed E-state index contributed by atoms with van der Waals surface area (Å²) in [6.45, 7) is 9.21. The van der Waals surface area contributed by atoms with Crippen molar-refractivity contribution in [2.45, 2.75) is 20.4 Å². The zero-order valence-electron chi connectivity index (χ0n) is 12.6. The maximum absolute atomic E-state index is 12.2. The molecule has 1 aromatic heterocycles. The second kappa shape index (κ2) is 7.15. The van der Waals surface area contributed by atoms with Crippen molar-refractivity contribution in [3.63, 3.8) is 0 Å². The van der Waals surface area contributed by atoms with E-state index in [9.17, 15) is 4.79 Å². The summed E-state index contributed by atoms with van der Waals surface area (Å²) in [5.41, 5.74) is 1.15. The normalized spacial score (nSPS) is 18.2. The van der Waals surface area contributed by atoms with E-state index in [-0.39, 0.29) is 11.8 Å². The molecule has 1 fully saturated rings. The zero-order chi connectivity index (χ0) is 14.5. The van der Waals surface area contributed by atoms with Gasteiger partial charge in [-0.05, 0) is 14.0 Å². The molecule has 112 valence electrons. The smallest absolute Gasteiger partial charge is 0.226 e. The largest absolute Gasteiger partial charge is 0.340 e. The van der Waals surface area contributed by atoms with Crippen LogP contribution in [0, 0.1) is 12.8 Å². The summed E-state index contributed by atoms with van der Waals surface area (Å²) < 4.78 is 0. The molecule has 1 atom stereocenters. The van der Waals surface area contributed by atoms with Crippen molar-refractivity contribution in [3.8, 4) is 0 Å². The lowest BCUT2D eigenvalue weighted by molar-refractivity contribution is -0.136. The average molecular weight is 296 g/mol. The molecule has 0 saturated carbocycles. The number of carbonyl (C=O) groups is 1. The van der Waals surface area contributed by atoms with Gasteiger partial charge >= 0.3 is 0 Å². The van der Waals surface area contributed by atoms with E-state index in [1.165, 1.54) is 0 Å². The molecule has 0 aliphatic carbocycles. The lowest BCUT2D eigenvalue weighted by atomic mass is 10.1. The Morgan fingerprint density at radius 2 is 2.15 bits per heavy atom. The molecule has 1 aliphatic heterocycles. The van der Waals surface area contributed by atoms with E-state index in [1.807, 2.05) is 25.8 Å². The third kappa shape index (κ3) is 4.01. The number of rotatable bonds is 5. The van der Waals surface area contributed by atoms with Gasteiger partial charge in [-0.15, -0.1) is 11.3 Å². The molecular weight excluding hydrogens is 272 g/mol. The Kier molecular flexibility index (Phi) is 5.51. The molecule has 1 aromatic rings. The molecule has 5 nitrogen and oxygen atoms in total. The number of nitrogens with zero attached hydrogens (tertiary/aromatic N) is 3. The summed E-state index contributed by atoms with van der Waals surface area (Å²) in [7, 11) is 1.89. The molecule has 2 heterocycles. The Bertz CT molecular complexity index is 440. The minimum absolute atomic E-state index is 0.0627. The number of amides is 1. The SMILES string of the molecule is CNCC(C)C(=O)N1CCN(Cc2csc(C)n2)CC1. The van der Waals surface area contributed by atoms with Crippen LogP contribution < -0.4 is 5.32 Å². The number of nitrogens with one attached hydrogen (secondary N) is 1. The first-order valence-corrected chi connectivity index (χ1v) is 8.05. The van der Waals surface area contributed by atoms with Crippen LogP contribution >= 0.6 is 11.3 Å². The van der Waals surface area contributed by atoms with Crippen LogP contribution in [0.4, 0.5) is 0 Å². The highest BCUT2D eigenvalue weighted by Gasteiger charge is 2.24. The van der Waals surface area contributed by atoms with Crippen molar-refractivity contribution < 1.29 is 4.79 Å². The van der Waals surface area contributed by atoms with Gasteiger partial charge in [0.15, 0.2) is 0 Å². The van der Waals surface area contributed by atoms with Gasteiger partial charge in [-0.2, -0.15) is 0 Å². The number of hydrogen-bond donors (Lipinski definition) is 1. The molecule has 20 heavy (non-hydrogen) atoms. The second-order valence-corrected chi connectivity index (χ2v) is 6.48. The summed E-state index contributed by atoms with van der Waals surface area (Å²) in [6.07, 6.45) is 0. The molecule has 1 saturated heterocycles. The number of thiazole rings is 1. The van der Waals surface area contributed by atoms with Crippen LogP contribution in [0.15, 0.2) is 5.38 Å². The molecule has 0 spiro atoms. The van der Waals surface area contributed by atoms with E-state index in [1.54, 1.807) is 11.3 Å². The Labute approximate surface area is 125 Å². The van der Waals surface area contributed by atoms with Crippen molar-refractivity contribution in [3.05, 3.63) is 16.1 Å². The minimum atomic E-state index is 0.0627. The Morgan fingerprint density at radius 3 is 2.70 bits per heavy atom. The van der Waals surface area contributed by atoms with Gasteiger partial charge in [0.1, 0.15) is 0 Å². The van der Waals surface area contributed by atoms with Gasteiger partial charge in [0.25, 0.3) is 0 Å². The Balaban J connectivity index is 1.78. The molecule has 2 rings (SSSR count). The summed E-state index contributed by atoms with van der Waals surface area (Å²) in [6, 6.07) is 0. The lowest BCUT2D eigenvalue weighted by Gasteiger charge is -2.35. The minimum Gasteiger partial charge on any atom is -0.340 e. The summed E-state index contributed by atoms with van der Waals surface area (Å²) in [5, 5.41) is 6.31. The molecule has 1 amide bonds. The predicted molar refractivity (Wildman–Crippen MR) is 81.8 cm³/mol. The van der Waals surface area contributed by atoms with Crippen LogP contribution in [0.3, 0.4) is 0 Å². The molecular formula is C14H24N4OS. The van der Waals surface area contributed by atoms with Gasteiger partial charge < -0.3 is 10.2 Å². The van der Waals surface area contributed by atoms with E-state index in [0.717, 1.165) is 50.0 Å². The van der Waals surface area contributed by atoms with Crippen LogP contribution in [0.25, 0.3) is 0 Å². The quantitative estimate of drug-likeness (QED) is 0.879. The molecule has 1 unspecified atom stereocenters. The van der Waals surface area contributed by atoms with E-state index >= 15 is 0 Å². The van der Waals surface area contributed by atoms with Gasteiger partial charge in [0, 0.05) is 50.6 Å². The first-order chi connectivity index (χ1) is 9.60. The van der Waals surface area contributed by atoms with E-state index in [0.29, 0.717) is 0 Å². The average Bonchev–Trinajstić information content (AvgIpc) is 2.84. The fourth-order valence-corrected chi connectivity index (χ4v) is 3.15. The van der Waals surface area contributed by atoms with E-state index in [4.69, 9.17) is 0 Å². The fraction of sp³-hybridized carbons (Fsp3) is 0.714. The summed E-state index contributed by atoms with van der Waals surface area (Å²) in [4.78, 5) is 21.1. The van der Waals surface area contributed by atoms with E-state index < -0.39 is 0 Å². The molecule has 0 radical (unpaired) electrons. The lowest BCUT2D eigenvalue weighted by Crippen LogP contribution is -2.50. The second-order valence-electron chi connectivity index (χ2n) is 5.42. The van der Waals surface area contributed by atoms with Gasteiger partial charge in [-0.1, -0.05) is 6.92 Å². The topological polar surface area (TPSA) is 48.5 Å². The molecule has 0 aromatic carbocycles. The van der Waals surface area contributed by atoms with Crippen LogP contribution in [-0.4, -0.2) is 60.5 Å². The van der Waals surface area contributed by atoms with Crippen LogP contribution in [0.2, 0.25) is 0 Å². The van der Waals surface area contributed by atoms with Gasteiger partial charge in [-0.3, -0.25) is 9.69 Å². The third-order valence-corrected chi connectivity index (χ3v) is 4.49. The van der Waals surface area contributed by atoms with Crippen molar-refractivity contribution in [2.24, 2.45) is 5.92 Å². The first-order valence-electron chi connectivity index (χ1n) is 7.17. The molecule has 1 N–H and O–H groups in total. The molecule has 1 aliphatic rings. The fourth-order valence-electron chi connectivity index (χ4n) is 2.54. The number of carbonyl (C=O) groups excluding carboxylic acids is 1. The first kappa shape index (κ1) is 15.4. The summed E-state index contributed by atoms with van der Waals surface area (Å²) in [5.74, 6) is 0.330. The van der Waals surface area contributed by atoms with Crippen LogP contribution in [0.5, 0.6) is 0 Å². The maximum Gasteiger partial charge on any atom is 0.226 e. The monoisotopic (exact) mass is 296 g/mol. The van der Waals surface area contributed by atoms with Crippen molar-refractivity contribution in [1.29, 1.82) is 0 Å². The van der Waals surface area contributed by atoms with E-state index in [2.05, 4.69) is 20.6 Å². The Hall–Kier alpha value is -0.980. The maximum atomic E-state index is 12.2. The van der Waals surface area contributed by atoms with Gasteiger partial charge in [-0.25, -0.2) is 4.98 Å². The van der Waals surface area contributed by atoms with Crippen LogP contribution in [-0.2, 0) is 11.3 Å².